The molecular weight excluding hydrogens is 487 g/mol. The number of imide groups is 1. The minimum atomic E-state index is -5.36. The predicted octanol–water partition coefficient (Wildman–Crippen LogP) is 4.35. The van der Waals surface area contributed by atoms with Crippen LogP contribution >= 0.6 is 11.8 Å². The number of amides is 3. The Bertz CT molecular complexity index is 1060. The summed E-state index contributed by atoms with van der Waals surface area (Å²) in [7, 11) is 1.61. The number of carbonyl (C=O) groups is 3. The highest BCUT2D eigenvalue weighted by Gasteiger charge is 2.57. The number of methoxy groups -OCH3 is 1. The Hall–Kier alpha value is -3.12. The summed E-state index contributed by atoms with van der Waals surface area (Å²) in [6.45, 7) is 3.74. The second-order valence-corrected chi connectivity index (χ2v) is 9.38. The van der Waals surface area contributed by atoms with Gasteiger partial charge in [-0.2, -0.15) is 13.2 Å². The summed E-state index contributed by atoms with van der Waals surface area (Å²) in [6, 6.07) is 6.81. The third kappa shape index (κ3) is 5.76. The highest BCUT2D eigenvalue weighted by molar-refractivity contribution is 7.99. The maximum absolute atomic E-state index is 13.5. The molecule has 1 aliphatic heterocycles. The third-order valence-corrected chi connectivity index (χ3v) is 6.54. The number of anilines is 1. The van der Waals surface area contributed by atoms with Gasteiger partial charge in [0.1, 0.15) is 0 Å². The van der Waals surface area contributed by atoms with E-state index in [-0.39, 0.29) is 10.8 Å². The molecule has 3 amide bonds. The van der Waals surface area contributed by atoms with Crippen LogP contribution in [0.1, 0.15) is 25.8 Å². The largest absolute Gasteiger partial charge is 0.493 e. The standard InChI is InChI=1S/C23H24F3N3O5S/c1-22(2,15-9-11-27-12-10-15)18-19(30)28(21(32)29(18)34-20(31)23(24,25)26)16-5-7-17(8-6-16)35-14-4-13-33-3/h5-12,18H,4,13-14H2,1-3H3. The number of alkyl halides is 3. The van der Waals surface area contributed by atoms with Gasteiger partial charge in [-0.3, -0.25) is 9.78 Å². The number of benzene rings is 1. The normalized spacial score (nSPS) is 16.7. The predicted molar refractivity (Wildman–Crippen MR) is 122 cm³/mol. The summed E-state index contributed by atoms with van der Waals surface area (Å²) in [5.41, 5.74) is -0.577. The molecule has 1 unspecified atom stereocenters. The molecule has 0 aliphatic carbocycles. The number of carbonyl (C=O) groups excluding carboxylic acids is 3. The number of ether oxygens (including phenoxy) is 1. The second kappa shape index (κ2) is 10.6. The molecule has 0 radical (unpaired) electrons. The smallest absolute Gasteiger partial charge is 0.385 e. The lowest BCUT2D eigenvalue weighted by atomic mass is 9.78. The first-order chi connectivity index (χ1) is 16.5. The van der Waals surface area contributed by atoms with Gasteiger partial charge in [-0.15, -0.1) is 16.8 Å². The lowest BCUT2D eigenvalue weighted by Gasteiger charge is -2.33. The van der Waals surface area contributed by atoms with Crippen LogP contribution in [0.5, 0.6) is 0 Å². The molecule has 2 aromatic rings. The van der Waals surface area contributed by atoms with Crippen molar-refractivity contribution in [3.05, 3.63) is 54.4 Å². The summed E-state index contributed by atoms with van der Waals surface area (Å²) in [5, 5.41) is 0.214. The number of nitrogens with zero attached hydrogens (tertiary/aromatic N) is 3. The van der Waals surface area contributed by atoms with Crippen molar-refractivity contribution in [1.82, 2.24) is 10.0 Å². The lowest BCUT2D eigenvalue weighted by molar-refractivity contribution is -0.232. The van der Waals surface area contributed by atoms with Crippen molar-refractivity contribution in [2.24, 2.45) is 0 Å². The number of pyridine rings is 1. The van der Waals surface area contributed by atoms with Crippen molar-refractivity contribution in [1.29, 1.82) is 0 Å². The highest BCUT2D eigenvalue weighted by Crippen LogP contribution is 2.38. The summed E-state index contributed by atoms with van der Waals surface area (Å²) in [5.74, 6) is -2.64. The highest BCUT2D eigenvalue weighted by atomic mass is 32.2. The molecule has 35 heavy (non-hydrogen) atoms. The number of hydrogen-bond acceptors (Lipinski definition) is 7. The van der Waals surface area contributed by atoms with Crippen LogP contribution in [-0.2, 0) is 24.6 Å². The summed E-state index contributed by atoms with van der Waals surface area (Å²) in [4.78, 5) is 48.2. The Morgan fingerprint density at radius 2 is 1.71 bits per heavy atom. The molecule has 0 saturated carbocycles. The molecular formula is C23H24F3N3O5S. The number of urea groups is 1. The van der Waals surface area contributed by atoms with E-state index in [0.717, 1.165) is 22.0 Å². The quantitative estimate of drug-likeness (QED) is 0.281. The van der Waals surface area contributed by atoms with Crippen molar-refractivity contribution in [3.8, 4) is 0 Å². The molecule has 1 aliphatic rings. The Morgan fingerprint density at radius 1 is 1.09 bits per heavy atom. The molecule has 1 aromatic carbocycles. The minimum absolute atomic E-state index is 0.141. The number of thioether (sulfide) groups is 1. The van der Waals surface area contributed by atoms with Gasteiger partial charge in [-0.1, -0.05) is 13.8 Å². The number of rotatable bonds is 9. The van der Waals surface area contributed by atoms with Crippen LogP contribution in [0, 0.1) is 0 Å². The zero-order valence-electron chi connectivity index (χ0n) is 19.2. The SMILES string of the molecule is COCCCSc1ccc(N2C(=O)C(C(C)(C)c3ccncc3)N(OC(=O)C(F)(F)F)C2=O)cc1. The van der Waals surface area contributed by atoms with Crippen LogP contribution in [0.3, 0.4) is 0 Å². The fourth-order valence-corrected chi connectivity index (χ4v) is 4.45. The van der Waals surface area contributed by atoms with Crippen LogP contribution in [0.2, 0.25) is 0 Å². The van der Waals surface area contributed by atoms with E-state index in [2.05, 4.69) is 9.82 Å². The summed E-state index contributed by atoms with van der Waals surface area (Å²) < 4.78 is 43.9. The number of hydroxylamine groups is 2. The van der Waals surface area contributed by atoms with E-state index in [4.69, 9.17) is 4.74 Å². The topological polar surface area (TPSA) is 89.0 Å². The van der Waals surface area contributed by atoms with E-state index in [1.807, 2.05) is 0 Å². The first-order valence-corrected chi connectivity index (χ1v) is 11.6. The van der Waals surface area contributed by atoms with Crippen LogP contribution in [-0.4, -0.2) is 59.6 Å². The van der Waals surface area contributed by atoms with E-state index in [1.54, 1.807) is 57.0 Å². The van der Waals surface area contributed by atoms with Crippen molar-refractivity contribution in [3.63, 3.8) is 0 Å². The van der Waals surface area contributed by atoms with Gasteiger partial charge in [0.2, 0.25) is 0 Å². The van der Waals surface area contributed by atoms with Gasteiger partial charge in [0, 0.05) is 42.2 Å². The summed E-state index contributed by atoms with van der Waals surface area (Å²) in [6.07, 6.45) is -1.63. The average Bonchev–Trinajstić information content (AvgIpc) is 3.07. The third-order valence-electron chi connectivity index (χ3n) is 5.45. The van der Waals surface area contributed by atoms with Gasteiger partial charge in [0.25, 0.3) is 5.91 Å². The number of halogens is 3. The molecule has 0 N–H and O–H groups in total. The Labute approximate surface area is 204 Å². The Morgan fingerprint density at radius 3 is 2.29 bits per heavy atom. The molecule has 12 heteroatoms. The number of aromatic nitrogens is 1. The van der Waals surface area contributed by atoms with Crippen molar-refractivity contribution in [2.45, 2.75) is 42.8 Å². The van der Waals surface area contributed by atoms with E-state index in [9.17, 15) is 27.6 Å². The first kappa shape index (κ1) is 26.5. The second-order valence-electron chi connectivity index (χ2n) is 8.21. The van der Waals surface area contributed by atoms with Crippen LogP contribution in [0.15, 0.2) is 53.7 Å². The number of hydrogen-bond donors (Lipinski definition) is 0. The van der Waals surface area contributed by atoms with Gasteiger partial charge < -0.3 is 9.57 Å². The molecule has 1 saturated heterocycles. The van der Waals surface area contributed by atoms with Gasteiger partial charge in [0.15, 0.2) is 6.04 Å². The van der Waals surface area contributed by atoms with Gasteiger partial charge in [-0.05, 0) is 48.4 Å². The van der Waals surface area contributed by atoms with Crippen molar-refractivity contribution >= 4 is 35.4 Å². The van der Waals surface area contributed by atoms with Gasteiger partial charge in [-0.25, -0.2) is 14.5 Å². The van der Waals surface area contributed by atoms with Crippen molar-refractivity contribution < 1.29 is 37.1 Å². The Balaban J connectivity index is 1.93. The first-order valence-electron chi connectivity index (χ1n) is 10.6. The average molecular weight is 512 g/mol. The molecule has 1 fully saturated rings. The van der Waals surface area contributed by atoms with E-state index in [1.165, 1.54) is 24.5 Å². The van der Waals surface area contributed by atoms with E-state index >= 15 is 0 Å². The minimum Gasteiger partial charge on any atom is -0.385 e. The molecule has 0 bridgehead atoms. The molecule has 0 spiro atoms. The lowest BCUT2D eigenvalue weighted by Crippen LogP contribution is -2.50. The molecule has 1 aromatic heterocycles. The van der Waals surface area contributed by atoms with Crippen LogP contribution in [0.25, 0.3) is 0 Å². The zero-order valence-corrected chi connectivity index (χ0v) is 20.1. The fraction of sp³-hybridized carbons (Fsp3) is 0.391. The Kier molecular flexibility index (Phi) is 8.06. The molecule has 3 rings (SSSR count). The molecule has 2 heterocycles. The van der Waals surface area contributed by atoms with Gasteiger partial charge >= 0.3 is 18.2 Å². The summed E-state index contributed by atoms with van der Waals surface area (Å²) >= 11 is 1.55. The van der Waals surface area contributed by atoms with Crippen LogP contribution in [0.4, 0.5) is 23.7 Å². The van der Waals surface area contributed by atoms with E-state index in [0.29, 0.717) is 12.2 Å². The van der Waals surface area contributed by atoms with E-state index < -0.39 is 35.5 Å². The monoisotopic (exact) mass is 511 g/mol. The van der Waals surface area contributed by atoms with Gasteiger partial charge in [0.05, 0.1) is 5.69 Å². The maximum Gasteiger partial charge on any atom is 0.493 e. The van der Waals surface area contributed by atoms with Crippen LogP contribution < -0.4 is 4.90 Å². The fourth-order valence-electron chi connectivity index (χ4n) is 3.62. The molecule has 8 nitrogen and oxygen atoms in total. The molecule has 1 atom stereocenters. The zero-order chi connectivity index (χ0) is 25.8. The molecule has 188 valence electrons. The maximum atomic E-state index is 13.5. The van der Waals surface area contributed by atoms with Crippen molar-refractivity contribution in [2.75, 3.05) is 24.4 Å².